The first kappa shape index (κ1) is 10.4. The summed E-state index contributed by atoms with van der Waals surface area (Å²) in [7, 11) is 0. The molecule has 0 aliphatic heterocycles. The molecule has 2 nitrogen and oxygen atoms in total. The van der Waals surface area contributed by atoms with Crippen molar-refractivity contribution in [1.82, 2.24) is 5.32 Å². The SMILES string of the molecule is CC1(C)CC1NCC1CCCC(N)C1. The number of nitrogens with two attached hydrogens (primary N) is 1. The van der Waals surface area contributed by atoms with Gasteiger partial charge in [-0.15, -0.1) is 0 Å². The average molecular weight is 196 g/mol. The van der Waals surface area contributed by atoms with Gasteiger partial charge < -0.3 is 11.1 Å². The van der Waals surface area contributed by atoms with Crippen LogP contribution in [-0.2, 0) is 0 Å². The molecule has 0 heterocycles. The maximum Gasteiger partial charge on any atom is 0.0125 e. The van der Waals surface area contributed by atoms with Crippen LogP contribution in [0.1, 0.15) is 46.0 Å². The van der Waals surface area contributed by atoms with Gasteiger partial charge in [-0.3, -0.25) is 0 Å². The first-order chi connectivity index (χ1) is 6.58. The van der Waals surface area contributed by atoms with Crippen LogP contribution in [0.2, 0.25) is 0 Å². The Balaban J connectivity index is 1.66. The van der Waals surface area contributed by atoms with Crippen LogP contribution < -0.4 is 11.1 Å². The summed E-state index contributed by atoms with van der Waals surface area (Å²) in [4.78, 5) is 0. The summed E-state index contributed by atoms with van der Waals surface area (Å²) in [6, 6.07) is 1.25. The van der Waals surface area contributed by atoms with Gasteiger partial charge >= 0.3 is 0 Å². The van der Waals surface area contributed by atoms with E-state index in [9.17, 15) is 0 Å². The van der Waals surface area contributed by atoms with E-state index in [1.165, 1.54) is 38.6 Å². The van der Waals surface area contributed by atoms with Crippen molar-refractivity contribution in [2.75, 3.05) is 6.54 Å². The third-order valence-corrected chi connectivity index (χ3v) is 3.99. The second kappa shape index (κ2) is 3.82. The Kier molecular flexibility index (Phi) is 2.85. The standard InChI is InChI=1S/C12H24N2/c1-12(2)7-11(12)14-8-9-4-3-5-10(13)6-9/h9-11,14H,3-8,13H2,1-2H3. The minimum absolute atomic E-state index is 0.475. The van der Waals surface area contributed by atoms with Crippen LogP contribution in [0.4, 0.5) is 0 Å². The van der Waals surface area contributed by atoms with Crippen molar-refractivity contribution in [3.63, 3.8) is 0 Å². The zero-order valence-corrected chi connectivity index (χ0v) is 9.55. The van der Waals surface area contributed by atoms with Crippen LogP contribution in [0, 0.1) is 11.3 Å². The predicted molar refractivity (Wildman–Crippen MR) is 60.1 cm³/mol. The zero-order chi connectivity index (χ0) is 10.2. The number of rotatable bonds is 3. The summed E-state index contributed by atoms with van der Waals surface area (Å²) >= 11 is 0. The molecule has 2 aliphatic carbocycles. The lowest BCUT2D eigenvalue weighted by Crippen LogP contribution is -2.34. The van der Waals surface area contributed by atoms with Crippen LogP contribution in [0.15, 0.2) is 0 Å². The molecular formula is C12H24N2. The third kappa shape index (κ3) is 2.48. The Hall–Kier alpha value is -0.0800. The van der Waals surface area contributed by atoms with E-state index in [1.54, 1.807) is 0 Å². The van der Waals surface area contributed by atoms with Crippen LogP contribution in [0.3, 0.4) is 0 Å². The molecule has 0 aromatic carbocycles. The number of nitrogens with one attached hydrogen (secondary N) is 1. The molecule has 3 N–H and O–H groups in total. The van der Waals surface area contributed by atoms with Crippen molar-refractivity contribution in [2.45, 2.75) is 58.0 Å². The van der Waals surface area contributed by atoms with E-state index >= 15 is 0 Å². The van der Waals surface area contributed by atoms with Crippen molar-refractivity contribution < 1.29 is 0 Å². The summed E-state index contributed by atoms with van der Waals surface area (Å²) in [5.74, 6) is 0.843. The molecule has 3 unspecified atom stereocenters. The van der Waals surface area contributed by atoms with E-state index in [0.29, 0.717) is 11.5 Å². The van der Waals surface area contributed by atoms with Gasteiger partial charge in [0.2, 0.25) is 0 Å². The molecule has 2 rings (SSSR count). The van der Waals surface area contributed by atoms with E-state index in [4.69, 9.17) is 5.73 Å². The maximum atomic E-state index is 5.97. The Bertz CT molecular complexity index is 200. The summed E-state index contributed by atoms with van der Waals surface area (Å²) in [6.07, 6.45) is 6.55. The van der Waals surface area contributed by atoms with Crippen LogP contribution in [-0.4, -0.2) is 18.6 Å². The van der Waals surface area contributed by atoms with Crippen molar-refractivity contribution >= 4 is 0 Å². The van der Waals surface area contributed by atoms with Gasteiger partial charge in [0.15, 0.2) is 0 Å². The van der Waals surface area contributed by atoms with Crippen LogP contribution >= 0.6 is 0 Å². The molecule has 2 heteroatoms. The zero-order valence-electron chi connectivity index (χ0n) is 9.55. The monoisotopic (exact) mass is 196 g/mol. The highest BCUT2D eigenvalue weighted by Crippen LogP contribution is 2.44. The van der Waals surface area contributed by atoms with Gasteiger partial charge in [0.25, 0.3) is 0 Å². The fourth-order valence-corrected chi connectivity index (χ4v) is 2.64. The molecule has 0 amide bonds. The van der Waals surface area contributed by atoms with Gasteiger partial charge in [-0.05, 0) is 43.6 Å². The summed E-state index contributed by atoms with van der Waals surface area (Å²) in [6.45, 7) is 5.89. The lowest BCUT2D eigenvalue weighted by molar-refractivity contribution is 0.306. The second-order valence-electron chi connectivity index (χ2n) is 5.95. The molecule has 0 aromatic heterocycles. The van der Waals surface area contributed by atoms with Crippen molar-refractivity contribution in [3.8, 4) is 0 Å². The smallest absolute Gasteiger partial charge is 0.0125 e. The highest BCUT2D eigenvalue weighted by atomic mass is 15.0. The topological polar surface area (TPSA) is 38.0 Å². The fourth-order valence-electron chi connectivity index (χ4n) is 2.64. The highest BCUT2D eigenvalue weighted by Gasteiger charge is 2.45. The second-order valence-corrected chi connectivity index (χ2v) is 5.95. The maximum absolute atomic E-state index is 5.97. The normalized spacial score (nSPS) is 40.9. The van der Waals surface area contributed by atoms with Crippen molar-refractivity contribution in [3.05, 3.63) is 0 Å². The molecule has 3 atom stereocenters. The molecule has 82 valence electrons. The van der Waals surface area contributed by atoms with E-state index < -0.39 is 0 Å². The highest BCUT2D eigenvalue weighted by molar-refractivity contribution is 5.01. The van der Waals surface area contributed by atoms with Crippen molar-refractivity contribution in [1.29, 1.82) is 0 Å². The first-order valence-electron chi connectivity index (χ1n) is 6.07. The Morgan fingerprint density at radius 2 is 2.07 bits per heavy atom. The molecular weight excluding hydrogens is 172 g/mol. The molecule has 0 saturated heterocycles. The quantitative estimate of drug-likeness (QED) is 0.723. The van der Waals surface area contributed by atoms with Gasteiger partial charge in [0, 0.05) is 12.1 Å². The molecule has 14 heavy (non-hydrogen) atoms. The first-order valence-corrected chi connectivity index (χ1v) is 6.07. The van der Waals surface area contributed by atoms with Gasteiger partial charge in [0.1, 0.15) is 0 Å². The molecule has 0 bridgehead atoms. The molecule has 0 spiro atoms. The molecule has 2 saturated carbocycles. The van der Waals surface area contributed by atoms with Gasteiger partial charge in [-0.2, -0.15) is 0 Å². The van der Waals surface area contributed by atoms with Crippen molar-refractivity contribution in [2.24, 2.45) is 17.1 Å². The summed E-state index contributed by atoms with van der Waals surface area (Å²) in [5.41, 5.74) is 6.54. The molecule has 0 aromatic rings. The van der Waals surface area contributed by atoms with Gasteiger partial charge in [0.05, 0.1) is 0 Å². The summed E-state index contributed by atoms with van der Waals surface area (Å²) < 4.78 is 0. The van der Waals surface area contributed by atoms with E-state index in [2.05, 4.69) is 19.2 Å². The number of hydrogen-bond donors (Lipinski definition) is 2. The van der Waals surface area contributed by atoms with Gasteiger partial charge in [-0.1, -0.05) is 20.3 Å². The number of hydrogen-bond acceptors (Lipinski definition) is 2. The largest absolute Gasteiger partial charge is 0.328 e. The van der Waals surface area contributed by atoms with Gasteiger partial charge in [-0.25, -0.2) is 0 Å². The lowest BCUT2D eigenvalue weighted by atomic mass is 9.86. The summed E-state index contributed by atoms with van der Waals surface area (Å²) in [5, 5.41) is 3.68. The van der Waals surface area contributed by atoms with E-state index in [-0.39, 0.29) is 0 Å². The van der Waals surface area contributed by atoms with Crippen LogP contribution in [0.25, 0.3) is 0 Å². The third-order valence-electron chi connectivity index (χ3n) is 3.99. The Morgan fingerprint density at radius 3 is 2.64 bits per heavy atom. The lowest BCUT2D eigenvalue weighted by Gasteiger charge is -2.27. The Morgan fingerprint density at radius 1 is 1.36 bits per heavy atom. The minimum atomic E-state index is 0.475. The average Bonchev–Trinajstić information content (AvgIpc) is 2.71. The molecule has 2 aliphatic rings. The van der Waals surface area contributed by atoms with E-state index in [1.807, 2.05) is 0 Å². The minimum Gasteiger partial charge on any atom is -0.328 e. The Labute approximate surface area is 87.6 Å². The van der Waals surface area contributed by atoms with E-state index in [0.717, 1.165) is 12.0 Å². The molecule has 0 radical (unpaired) electrons. The fraction of sp³-hybridized carbons (Fsp3) is 1.00. The predicted octanol–water partition coefficient (Wildman–Crippen LogP) is 1.89. The molecule has 2 fully saturated rings. The van der Waals surface area contributed by atoms with Crippen LogP contribution in [0.5, 0.6) is 0 Å².